The second-order valence-electron chi connectivity index (χ2n) is 4.74. The third-order valence-electron chi connectivity index (χ3n) is 3.49. The van der Waals surface area contributed by atoms with E-state index in [-0.39, 0.29) is 6.10 Å². The Morgan fingerprint density at radius 3 is 3.05 bits per heavy atom. The van der Waals surface area contributed by atoms with Crippen molar-refractivity contribution in [2.75, 3.05) is 32.2 Å². The van der Waals surface area contributed by atoms with Crippen LogP contribution < -0.4 is 4.90 Å². The van der Waals surface area contributed by atoms with E-state index in [1.807, 2.05) is 12.2 Å². The molecule has 7 nitrogen and oxygen atoms in total. The normalized spacial score (nSPS) is 18.2. The van der Waals surface area contributed by atoms with Gasteiger partial charge in [-0.3, -0.25) is 0 Å². The fourth-order valence-corrected chi connectivity index (χ4v) is 2.42. The van der Waals surface area contributed by atoms with Crippen LogP contribution in [0.2, 0.25) is 0 Å². The molecule has 7 heteroatoms. The number of fused-ring (bicyclic) bond motifs is 1. The third kappa shape index (κ3) is 2.47. The van der Waals surface area contributed by atoms with Gasteiger partial charge in [-0.1, -0.05) is 12.2 Å². The quantitative estimate of drug-likeness (QED) is 0.674. The lowest BCUT2D eigenvalue weighted by Gasteiger charge is -2.29. The molecule has 3 heterocycles. The number of esters is 1. The summed E-state index contributed by atoms with van der Waals surface area (Å²) in [6, 6.07) is 1.72. The van der Waals surface area contributed by atoms with Crippen molar-refractivity contribution in [3.8, 4) is 0 Å². The van der Waals surface area contributed by atoms with Gasteiger partial charge in [0.2, 0.25) is 0 Å². The molecule has 0 fully saturated rings. The third-order valence-corrected chi connectivity index (χ3v) is 3.49. The first-order chi connectivity index (χ1) is 10.2. The molecule has 110 valence electrons. The number of carbonyl (C=O) groups excluding carboxylic acids is 1. The number of rotatable bonds is 3. The number of aromatic nitrogens is 3. The van der Waals surface area contributed by atoms with Gasteiger partial charge in [0.05, 0.1) is 18.6 Å². The summed E-state index contributed by atoms with van der Waals surface area (Å²) in [6.45, 7) is 1.45. The Morgan fingerprint density at radius 2 is 2.29 bits per heavy atom. The van der Waals surface area contributed by atoms with Crippen LogP contribution in [0.15, 0.2) is 24.5 Å². The standard InChI is InChI=1S/C14H16N4O3/c1-20-9-4-3-5-18(7-9)13-10-6-11(14(19)21-2)17-12(10)15-8-16-13/h3-4,6,8-9H,5,7H2,1-2H3,(H,15,16,17). The molecular formula is C14H16N4O3. The topological polar surface area (TPSA) is 80.3 Å². The van der Waals surface area contributed by atoms with Gasteiger partial charge in [0.1, 0.15) is 23.5 Å². The van der Waals surface area contributed by atoms with Crippen molar-refractivity contribution >= 4 is 22.8 Å². The zero-order valence-electron chi connectivity index (χ0n) is 11.9. The second kappa shape index (κ2) is 5.53. The van der Waals surface area contributed by atoms with Gasteiger partial charge in [-0.05, 0) is 6.07 Å². The van der Waals surface area contributed by atoms with Gasteiger partial charge in [-0.2, -0.15) is 0 Å². The number of carbonyl (C=O) groups is 1. The molecule has 0 radical (unpaired) electrons. The molecule has 1 unspecified atom stereocenters. The van der Waals surface area contributed by atoms with Crippen molar-refractivity contribution < 1.29 is 14.3 Å². The molecule has 0 spiro atoms. The second-order valence-corrected chi connectivity index (χ2v) is 4.74. The summed E-state index contributed by atoms with van der Waals surface area (Å²) < 4.78 is 10.1. The van der Waals surface area contributed by atoms with Gasteiger partial charge in [-0.25, -0.2) is 14.8 Å². The van der Waals surface area contributed by atoms with Gasteiger partial charge in [0.25, 0.3) is 0 Å². The van der Waals surface area contributed by atoms with Gasteiger partial charge < -0.3 is 19.4 Å². The zero-order chi connectivity index (χ0) is 14.8. The fourth-order valence-electron chi connectivity index (χ4n) is 2.42. The van der Waals surface area contributed by atoms with Gasteiger partial charge in [-0.15, -0.1) is 0 Å². The van der Waals surface area contributed by atoms with Gasteiger partial charge >= 0.3 is 5.97 Å². The number of nitrogens with one attached hydrogen (secondary N) is 1. The Labute approximate surface area is 121 Å². The van der Waals surface area contributed by atoms with Crippen LogP contribution in [0, 0.1) is 0 Å². The molecule has 3 rings (SSSR count). The van der Waals surface area contributed by atoms with Crippen LogP contribution in [-0.4, -0.2) is 54.3 Å². The summed E-state index contributed by atoms with van der Waals surface area (Å²) in [5.41, 5.74) is 0.981. The van der Waals surface area contributed by atoms with E-state index in [0.717, 1.165) is 17.7 Å². The van der Waals surface area contributed by atoms with Crippen LogP contribution in [0.5, 0.6) is 0 Å². The van der Waals surface area contributed by atoms with E-state index in [2.05, 4.69) is 19.9 Å². The van der Waals surface area contributed by atoms with Crippen LogP contribution in [0.25, 0.3) is 11.0 Å². The van der Waals surface area contributed by atoms with Crippen molar-refractivity contribution in [2.45, 2.75) is 6.10 Å². The molecule has 0 bridgehead atoms. The Morgan fingerprint density at radius 1 is 1.43 bits per heavy atom. The number of ether oxygens (including phenoxy) is 2. The van der Waals surface area contributed by atoms with Crippen LogP contribution in [0.4, 0.5) is 5.82 Å². The van der Waals surface area contributed by atoms with E-state index < -0.39 is 5.97 Å². The van der Waals surface area contributed by atoms with Gasteiger partial charge in [0, 0.05) is 20.2 Å². The lowest BCUT2D eigenvalue weighted by atomic mass is 10.2. The van der Waals surface area contributed by atoms with E-state index in [4.69, 9.17) is 9.47 Å². The summed E-state index contributed by atoms with van der Waals surface area (Å²) in [7, 11) is 3.03. The van der Waals surface area contributed by atoms with Crippen LogP contribution >= 0.6 is 0 Å². The molecule has 0 saturated heterocycles. The lowest BCUT2D eigenvalue weighted by Crippen LogP contribution is -2.36. The molecule has 1 aliphatic rings. The number of anilines is 1. The summed E-state index contributed by atoms with van der Waals surface area (Å²) in [5, 5.41) is 0.794. The number of methoxy groups -OCH3 is 2. The van der Waals surface area contributed by atoms with Crippen LogP contribution in [0.1, 0.15) is 10.5 Å². The monoisotopic (exact) mass is 288 g/mol. The maximum atomic E-state index is 11.6. The molecular weight excluding hydrogens is 272 g/mol. The number of aromatic amines is 1. The summed E-state index contributed by atoms with van der Waals surface area (Å²) in [5.74, 6) is 0.352. The molecule has 2 aromatic heterocycles. The molecule has 0 aliphatic carbocycles. The van der Waals surface area contributed by atoms with Crippen LogP contribution in [-0.2, 0) is 9.47 Å². The Hall–Kier alpha value is -2.41. The van der Waals surface area contributed by atoms with E-state index >= 15 is 0 Å². The maximum absolute atomic E-state index is 11.6. The molecule has 0 saturated carbocycles. The number of hydrogen-bond donors (Lipinski definition) is 1. The van der Waals surface area contributed by atoms with Crippen molar-refractivity contribution in [3.63, 3.8) is 0 Å². The SMILES string of the molecule is COC(=O)c1cc2c(N3CC=CC(OC)C3)ncnc2[nH]1. The van der Waals surface area contributed by atoms with Crippen molar-refractivity contribution in [3.05, 3.63) is 30.2 Å². The first-order valence-electron chi connectivity index (χ1n) is 6.59. The van der Waals surface area contributed by atoms with E-state index in [1.165, 1.54) is 13.4 Å². The Bertz CT molecular complexity index is 695. The number of nitrogens with zero attached hydrogens (tertiary/aromatic N) is 3. The summed E-state index contributed by atoms with van der Waals surface area (Å²) in [6.07, 6.45) is 5.59. The minimum atomic E-state index is -0.424. The van der Waals surface area contributed by atoms with E-state index in [0.29, 0.717) is 17.9 Å². The first kappa shape index (κ1) is 13.6. The van der Waals surface area contributed by atoms with Crippen molar-refractivity contribution in [2.24, 2.45) is 0 Å². The molecule has 0 aromatic carbocycles. The summed E-state index contributed by atoms with van der Waals surface area (Å²) in [4.78, 5) is 25.2. The minimum absolute atomic E-state index is 0.0304. The molecule has 0 amide bonds. The molecule has 21 heavy (non-hydrogen) atoms. The largest absolute Gasteiger partial charge is 0.464 e. The first-order valence-corrected chi connectivity index (χ1v) is 6.59. The Balaban J connectivity index is 2.00. The predicted molar refractivity (Wildman–Crippen MR) is 77.4 cm³/mol. The smallest absolute Gasteiger partial charge is 0.354 e. The molecule has 2 aromatic rings. The zero-order valence-corrected chi connectivity index (χ0v) is 11.9. The van der Waals surface area contributed by atoms with Gasteiger partial charge in [0.15, 0.2) is 0 Å². The Kier molecular flexibility index (Phi) is 3.57. The van der Waals surface area contributed by atoms with Crippen LogP contribution in [0.3, 0.4) is 0 Å². The molecule has 1 N–H and O–H groups in total. The lowest BCUT2D eigenvalue weighted by molar-refractivity contribution is 0.0595. The average Bonchev–Trinajstić information content (AvgIpc) is 2.98. The minimum Gasteiger partial charge on any atom is -0.464 e. The highest BCUT2D eigenvalue weighted by atomic mass is 16.5. The predicted octanol–water partition coefficient (Wildman–Crippen LogP) is 1.14. The van der Waals surface area contributed by atoms with Crippen molar-refractivity contribution in [1.29, 1.82) is 0 Å². The molecule has 1 atom stereocenters. The average molecular weight is 288 g/mol. The number of hydrogen-bond acceptors (Lipinski definition) is 6. The van der Waals surface area contributed by atoms with E-state index in [9.17, 15) is 4.79 Å². The highest BCUT2D eigenvalue weighted by Crippen LogP contribution is 2.25. The highest BCUT2D eigenvalue weighted by Gasteiger charge is 2.20. The van der Waals surface area contributed by atoms with Crippen molar-refractivity contribution in [1.82, 2.24) is 15.0 Å². The highest BCUT2D eigenvalue weighted by molar-refractivity contribution is 5.97. The number of H-pyrrole nitrogens is 1. The van der Waals surface area contributed by atoms with E-state index in [1.54, 1.807) is 13.2 Å². The fraction of sp³-hybridized carbons (Fsp3) is 0.357. The molecule has 1 aliphatic heterocycles. The summed E-state index contributed by atoms with van der Waals surface area (Å²) >= 11 is 0. The maximum Gasteiger partial charge on any atom is 0.354 e.